The lowest BCUT2D eigenvalue weighted by Crippen LogP contribution is -2.46. The van der Waals surface area contributed by atoms with E-state index < -0.39 is 0 Å². The topological polar surface area (TPSA) is 54.0 Å². The van der Waals surface area contributed by atoms with Gasteiger partial charge in [-0.3, -0.25) is 9.69 Å². The van der Waals surface area contributed by atoms with Crippen molar-refractivity contribution in [3.63, 3.8) is 0 Å². The summed E-state index contributed by atoms with van der Waals surface area (Å²) in [7, 11) is 1.68. The molecule has 2 aromatic carbocycles. The van der Waals surface area contributed by atoms with Gasteiger partial charge in [0.25, 0.3) is 0 Å². The minimum absolute atomic E-state index is 0.0541. The number of likely N-dealkylation sites (N-methyl/N-ethyl adjacent to an activating group) is 1. The molecule has 2 heterocycles. The van der Waals surface area contributed by atoms with Crippen molar-refractivity contribution in [2.45, 2.75) is 38.7 Å². The van der Waals surface area contributed by atoms with Gasteiger partial charge in [-0.1, -0.05) is 25.1 Å². The van der Waals surface area contributed by atoms with Crippen molar-refractivity contribution in [2.24, 2.45) is 0 Å². The van der Waals surface area contributed by atoms with Gasteiger partial charge in [0.15, 0.2) is 0 Å². The molecule has 1 saturated heterocycles. The molecule has 0 aromatic heterocycles. The Balaban J connectivity index is 1.26. The fraction of sp³-hybridized carbons (Fsp3) is 0.519. The van der Waals surface area contributed by atoms with Crippen LogP contribution in [0, 0.1) is 0 Å². The summed E-state index contributed by atoms with van der Waals surface area (Å²) in [6.07, 6.45) is 3.55. The highest BCUT2D eigenvalue weighted by molar-refractivity contribution is 5.78. The fourth-order valence-corrected chi connectivity index (χ4v) is 4.72. The molecule has 33 heavy (non-hydrogen) atoms. The van der Waals surface area contributed by atoms with Gasteiger partial charge in [-0.15, -0.1) is 0 Å². The number of rotatable bonds is 9. The maximum Gasteiger partial charge on any atom is 0.224 e. The van der Waals surface area contributed by atoms with Gasteiger partial charge in [0, 0.05) is 45.5 Å². The smallest absolute Gasteiger partial charge is 0.224 e. The number of nitrogens with one attached hydrogen (secondary N) is 1. The Morgan fingerprint density at radius 1 is 1.12 bits per heavy atom. The molecule has 2 aliphatic heterocycles. The quantitative estimate of drug-likeness (QED) is 0.632. The SMILES string of the molecule is CCCOc1ccc(N2CCN(CCC3OCCc4cc(CC(=O)NC)ccc43)CC2)cc1. The Kier molecular flexibility index (Phi) is 8.24. The molecule has 1 amide bonds. The van der Waals surface area contributed by atoms with Crippen LogP contribution in [-0.4, -0.2) is 63.8 Å². The lowest BCUT2D eigenvalue weighted by atomic mass is 9.93. The zero-order valence-electron chi connectivity index (χ0n) is 20.0. The fourth-order valence-electron chi connectivity index (χ4n) is 4.72. The summed E-state index contributed by atoms with van der Waals surface area (Å²) >= 11 is 0. The van der Waals surface area contributed by atoms with Crippen LogP contribution in [0.2, 0.25) is 0 Å². The van der Waals surface area contributed by atoms with E-state index in [2.05, 4.69) is 64.5 Å². The number of hydrogen-bond acceptors (Lipinski definition) is 5. The summed E-state index contributed by atoms with van der Waals surface area (Å²) in [6, 6.07) is 14.9. The van der Waals surface area contributed by atoms with E-state index in [0.717, 1.165) is 76.5 Å². The molecule has 0 bridgehead atoms. The third-order valence-electron chi connectivity index (χ3n) is 6.64. The first-order valence-corrected chi connectivity index (χ1v) is 12.3. The normalized spacial score (nSPS) is 18.6. The summed E-state index contributed by atoms with van der Waals surface area (Å²) in [5.41, 5.74) is 4.99. The van der Waals surface area contributed by atoms with Gasteiger partial charge in [0.1, 0.15) is 5.75 Å². The van der Waals surface area contributed by atoms with Crippen LogP contribution in [0.3, 0.4) is 0 Å². The van der Waals surface area contributed by atoms with Gasteiger partial charge in [-0.25, -0.2) is 0 Å². The number of hydrogen-bond donors (Lipinski definition) is 1. The molecule has 1 N–H and O–H groups in total. The molecule has 2 aromatic rings. The second-order valence-electron chi connectivity index (χ2n) is 8.95. The van der Waals surface area contributed by atoms with Crippen LogP contribution in [0.4, 0.5) is 5.69 Å². The largest absolute Gasteiger partial charge is 0.494 e. The number of carbonyl (C=O) groups is 1. The molecule has 1 unspecified atom stereocenters. The van der Waals surface area contributed by atoms with E-state index in [-0.39, 0.29) is 12.0 Å². The lowest BCUT2D eigenvalue weighted by molar-refractivity contribution is -0.119. The summed E-state index contributed by atoms with van der Waals surface area (Å²) in [4.78, 5) is 16.7. The Labute approximate surface area is 197 Å². The Bertz CT molecular complexity index is 907. The second-order valence-corrected chi connectivity index (χ2v) is 8.95. The van der Waals surface area contributed by atoms with Crippen LogP contribution in [0.15, 0.2) is 42.5 Å². The lowest BCUT2D eigenvalue weighted by Gasteiger charge is -2.37. The molecule has 2 aliphatic rings. The van der Waals surface area contributed by atoms with E-state index in [4.69, 9.17) is 9.47 Å². The number of amides is 1. The standard InChI is InChI=1S/C27H37N3O3/c1-3-17-32-24-7-5-23(6-8-24)30-15-13-29(14-16-30)12-10-26-25-9-4-21(20-27(31)28-2)19-22(25)11-18-33-26/h4-9,19,26H,3,10-18,20H2,1-2H3,(H,28,31). The van der Waals surface area contributed by atoms with E-state index in [1.165, 1.54) is 16.8 Å². The van der Waals surface area contributed by atoms with E-state index >= 15 is 0 Å². The minimum Gasteiger partial charge on any atom is -0.494 e. The molecular weight excluding hydrogens is 414 g/mol. The molecule has 0 radical (unpaired) electrons. The van der Waals surface area contributed by atoms with Gasteiger partial charge >= 0.3 is 0 Å². The number of fused-ring (bicyclic) bond motifs is 1. The van der Waals surface area contributed by atoms with Crippen molar-refractivity contribution in [3.05, 3.63) is 59.2 Å². The Hall–Kier alpha value is -2.57. The van der Waals surface area contributed by atoms with Crippen LogP contribution < -0.4 is 15.0 Å². The predicted molar refractivity (Wildman–Crippen MR) is 132 cm³/mol. The van der Waals surface area contributed by atoms with E-state index in [1.807, 2.05) is 0 Å². The van der Waals surface area contributed by atoms with Gasteiger partial charge in [-0.05, 0) is 60.2 Å². The molecule has 178 valence electrons. The molecule has 0 saturated carbocycles. The molecule has 1 atom stereocenters. The van der Waals surface area contributed by atoms with Gasteiger partial charge in [0.05, 0.1) is 25.7 Å². The monoisotopic (exact) mass is 451 g/mol. The van der Waals surface area contributed by atoms with E-state index in [0.29, 0.717) is 6.42 Å². The van der Waals surface area contributed by atoms with Crippen LogP contribution in [0.1, 0.15) is 42.6 Å². The molecule has 6 nitrogen and oxygen atoms in total. The highest BCUT2D eigenvalue weighted by atomic mass is 16.5. The van der Waals surface area contributed by atoms with Crippen LogP contribution in [0.25, 0.3) is 0 Å². The van der Waals surface area contributed by atoms with Gasteiger partial charge < -0.3 is 19.7 Å². The first kappa shape index (κ1) is 23.6. The van der Waals surface area contributed by atoms with Crippen LogP contribution in [0.5, 0.6) is 5.75 Å². The highest BCUT2D eigenvalue weighted by Crippen LogP contribution is 2.31. The highest BCUT2D eigenvalue weighted by Gasteiger charge is 2.24. The van der Waals surface area contributed by atoms with Crippen molar-refractivity contribution in [2.75, 3.05) is 57.9 Å². The van der Waals surface area contributed by atoms with Crippen molar-refractivity contribution in [3.8, 4) is 5.75 Å². The summed E-state index contributed by atoms with van der Waals surface area (Å²) in [6.45, 7) is 8.91. The van der Waals surface area contributed by atoms with Crippen molar-refractivity contribution >= 4 is 11.6 Å². The maximum absolute atomic E-state index is 11.7. The summed E-state index contributed by atoms with van der Waals surface area (Å²) in [5, 5.41) is 2.70. The third-order valence-corrected chi connectivity index (χ3v) is 6.64. The maximum atomic E-state index is 11.7. The number of ether oxygens (including phenoxy) is 2. The van der Waals surface area contributed by atoms with Gasteiger partial charge in [0.2, 0.25) is 5.91 Å². The molecule has 4 rings (SSSR count). The molecule has 0 spiro atoms. The zero-order valence-corrected chi connectivity index (χ0v) is 20.0. The number of anilines is 1. The van der Waals surface area contributed by atoms with Gasteiger partial charge in [-0.2, -0.15) is 0 Å². The predicted octanol–water partition coefficient (Wildman–Crippen LogP) is 3.59. The van der Waals surface area contributed by atoms with Crippen molar-refractivity contribution < 1.29 is 14.3 Å². The molecular formula is C27H37N3O3. The minimum atomic E-state index is 0.0541. The van der Waals surface area contributed by atoms with Crippen molar-refractivity contribution in [1.29, 1.82) is 0 Å². The average Bonchev–Trinajstić information content (AvgIpc) is 2.86. The van der Waals surface area contributed by atoms with E-state index in [1.54, 1.807) is 7.05 Å². The van der Waals surface area contributed by atoms with E-state index in [9.17, 15) is 4.79 Å². The first-order valence-electron chi connectivity index (χ1n) is 12.3. The molecule has 6 heteroatoms. The zero-order chi connectivity index (χ0) is 23.0. The van der Waals surface area contributed by atoms with Crippen LogP contribution in [-0.2, 0) is 22.4 Å². The summed E-state index contributed by atoms with van der Waals surface area (Å²) in [5.74, 6) is 1.01. The Morgan fingerprint density at radius 2 is 1.91 bits per heavy atom. The average molecular weight is 452 g/mol. The summed E-state index contributed by atoms with van der Waals surface area (Å²) < 4.78 is 11.8. The molecule has 0 aliphatic carbocycles. The second kappa shape index (κ2) is 11.5. The number of carbonyl (C=O) groups excluding carboxylic acids is 1. The van der Waals surface area contributed by atoms with Crippen molar-refractivity contribution in [1.82, 2.24) is 10.2 Å². The third kappa shape index (κ3) is 6.27. The number of benzene rings is 2. The number of piperazine rings is 1. The molecule has 1 fully saturated rings. The Morgan fingerprint density at radius 3 is 2.64 bits per heavy atom. The van der Waals surface area contributed by atoms with Crippen LogP contribution >= 0.6 is 0 Å². The first-order chi connectivity index (χ1) is 16.2. The number of nitrogens with zero attached hydrogens (tertiary/aromatic N) is 2.